The van der Waals surface area contributed by atoms with E-state index >= 15 is 0 Å². The van der Waals surface area contributed by atoms with Crippen LogP contribution in [-0.2, 0) is 27.4 Å². The van der Waals surface area contributed by atoms with Crippen molar-refractivity contribution >= 4 is 16.1 Å². The van der Waals surface area contributed by atoms with Crippen molar-refractivity contribution in [3.05, 3.63) is 65.7 Å². The Morgan fingerprint density at radius 1 is 1.05 bits per heavy atom. The number of hydrogen-bond donors (Lipinski definition) is 2. The molecule has 1 aliphatic heterocycles. The molecule has 2 amide bonds. The predicted molar refractivity (Wildman–Crippen MR) is 136 cm³/mol. The van der Waals surface area contributed by atoms with Crippen LogP contribution in [0.1, 0.15) is 25.0 Å². The van der Waals surface area contributed by atoms with Crippen molar-refractivity contribution in [3.63, 3.8) is 0 Å². The molecule has 2 aromatic carbocycles. The molecule has 0 saturated carbocycles. The van der Waals surface area contributed by atoms with E-state index in [-0.39, 0.29) is 30.3 Å². The van der Waals surface area contributed by atoms with Gasteiger partial charge in [-0.05, 0) is 42.2 Å². The van der Waals surface area contributed by atoms with E-state index in [1.165, 1.54) is 0 Å². The zero-order valence-corrected chi connectivity index (χ0v) is 22.2. The summed E-state index contributed by atoms with van der Waals surface area (Å²) in [4.78, 5) is 14.2. The number of alkyl halides is 3. The molecule has 210 valence electrons. The molecule has 2 atom stereocenters. The fourth-order valence-corrected chi connectivity index (χ4v) is 5.77. The van der Waals surface area contributed by atoms with Crippen LogP contribution in [-0.4, -0.2) is 80.3 Å². The van der Waals surface area contributed by atoms with Crippen LogP contribution in [0.2, 0.25) is 0 Å². The average molecular weight is 558 g/mol. The number of aliphatic hydroxyl groups is 1. The molecule has 0 radical (unpaired) electrons. The zero-order chi connectivity index (χ0) is 27.9. The lowest BCUT2D eigenvalue weighted by Crippen LogP contribution is -2.55. The number of ether oxygens (including phenoxy) is 1. The fourth-order valence-electron chi connectivity index (χ4n) is 4.15. The topological polar surface area (TPSA) is 99.2 Å². The van der Waals surface area contributed by atoms with Gasteiger partial charge in [-0.25, -0.2) is 13.2 Å². The number of amides is 2. The normalized spacial score (nSPS) is 16.5. The lowest BCUT2D eigenvalue weighted by Gasteiger charge is -2.33. The van der Waals surface area contributed by atoms with E-state index in [4.69, 9.17) is 4.74 Å². The first-order valence-electron chi connectivity index (χ1n) is 12.4. The summed E-state index contributed by atoms with van der Waals surface area (Å²) in [5.41, 5.74) is -0.125. The molecule has 1 heterocycles. The van der Waals surface area contributed by atoms with Gasteiger partial charge in [0.05, 0.1) is 35.8 Å². The molecule has 0 aliphatic carbocycles. The quantitative estimate of drug-likeness (QED) is 0.467. The molecule has 0 unspecified atom stereocenters. The Morgan fingerprint density at radius 3 is 2.21 bits per heavy atom. The zero-order valence-electron chi connectivity index (χ0n) is 21.4. The van der Waals surface area contributed by atoms with Crippen molar-refractivity contribution in [2.24, 2.45) is 5.92 Å². The van der Waals surface area contributed by atoms with Crippen molar-refractivity contribution in [1.82, 2.24) is 14.5 Å². The predicted octanol–water partition coefficient (Wildman–Crippen LogP) is 3.37. The number of nitrogens with one attached hydrogen (secondary N) is 1. The molecule has 8 nitrogen and oxygen atoms in total. The Balaban J connectivity index is 1.84. The van der Waals surface area contributed by atoms with Crippen LogP contribution in [0.5, 0.6) is 0 Å². The molecular weight excluding hydrogens is 523 g/mol. The highest BCUT2D eigenvalue weighted by molar-refractivity contribution is 7.89. The van der Waals surface area contributed by atoms with Crippen molar-refractivity contribution in [2.75, 3.05) is 39.4 Å². The average Bonchev–Trinajstić information content (AvgIpc) is 2.88. The number of rotatable bonds is 10. The Bertz CT molecular complexity index is 1140. The van der Waals surface area contributed by atoms with Crippen molar-refractivity contribution < 1.29 is 36.2 Å². The lowest BCUT2D eigenvalue weighted by atomic mass is 10.0. The lowest BCUT2D eigenvalue weighted by molar-refractivity contribution is -0.137. The van der Waals surface area contributed by atoms with Gasteiger partial charge in [-0.2, -0.15) is 17.5 Å². The maximum Gasteiger partial charge on any atom is 0.416 e. The molecule has 0 spiro atoms. The van der Waals surface area contributed by atoms with Crippen LogP contribution in [0.4, 0.5) is 18.0 Å². The van der Waals surface area contributed by atoms with Gasteiger partial charge in [0.15, 0.2) is 0 Å². The van der Waals surface area contributed by atoms with Gasteiger partial charge in [-0.15, -0.1) is 0 Å². The van der Waals surface area contributed by atoms with Gasteiger partial charge in [0.25, 0.3) is 0 Å². The second-order valence-corrected chi connectivity index (χ2v) is 11.6. The van der Waals surface area contributed by atoms with Crippen LogP contribution in [0, 0.1) is 5.92 Å². The number of aliphatic hydroxyl groups excluding tert-OH is 1. The fraction of sp³-hybridized carbons (Fsp3) is 0.500. The third-order valence-corrected chi connectivity index (χ3v) is 7.99. The SMILES string of the molecule is CC(C)CN(C[C@@H](O)[C@H](Cc1ccccc1)NC(=O)N1CCOCC1)S(=O)(=O)c1ccc(C(F)(F)F)cc1. The van der Waals surface area contributed by atoms with Gasteiger partial charge in [-0.1, -0.05) is 44.2 Å². The van der Waals surface area contributed by atoms with Gasteiger partial charge in [0, 0.05) is 26.2 Å². The first-order chi connectivity index (χ1) is 17.9. The molecule has 0 aromatic heterocycles. The molecule has 2 N–H and O–H groups in total. The van der Waals surface area contributed by atoms with E-state index in [0.29, 0.717) is 26.3 Å². The number of hydrogen-bond acceptors (Lipinski definition) is 5. The van der Waals surface area contributed by atoms with Crippen LogP contribution in [0.3, 0.4) is 0 Å². The Morgan fingerprint density at radius 2 is 1.66 bits per heavy atom. The maximum absolute atomic E-state index is 13.4. The number of sulfonamides is 1. The summed E-state index contributed by atoms with van der Waals surface area (Å²) in [6.45, 7) is 4.83. The summed E-state index contributed by atoms with van der Waals surface area (Å²) in [6, 6.07) is 11.2. The number of morpholine rings is 1. The summed E-state index contributed by atoms with van der Waals surface area (Å²) in [6.07, 6.45) is -5.66. The van der Waals surface area contributed by atoms with Gasteiger partial charge in [0.2, 0.25) is 10.0 Å². The van der Waals surface area contributed by atoms with Gasteiger partial charge < -0.3 is 20.1 Å². The van der Waals surface area contributed by atoms with Crippen molar-refractivity contribution in [2.45, 2.75) is 43.5 Å². The maximum atomic E-state index is 13.4. The van der Waals surface area contributed by atoms with Gasteiger partial charge >= 0.3 is 12.2 Å². The summed E-state index contributed by atoms with van der Waals surface area (Å²) in [5, 5.41) is 14.1. The molecule has 1 saturated heterocycles. The first kappa shape index (κ1) is 29.9. The van der Waals surface area contributed by atoms with Crippen molar-refractivity contribution in [3.8, 4) is 0 Å². The highest BCUT2D eigenvalue weighted by atomic mass is 32.2. The van der Waals surface area contributed by atoms with Crippen LogP contribution in [0.25, 0.3) is 0 Å². The minimum absolute atomic E-state index is 0.0237. The van der Waals surface area contributed by atoms with Gasteiger partial charge in [-0.3, -0.25) is 0 Å². The van der Waals surface area contributed by atoms with E-state index in [2.05, 4.69) is 5.32 Å². The van der Waals surface area contributed by atoms with E-state index in [9.17, 15) is 31.5 Å². The minimum atomic E-state index is -4.60. The molecule has 38 heavy (non-hydrogen) atoms. The number of urea groups is 1. The van der Waals surface area contributed by atoms with Crippen LogP contribution >= 0.6 is 0 Å². The summed E-state index contributed by atoms with van der Waals surface area (Å²) < 4.78 is 72.2. The molecule has 2 aromatic rings. The Hall–Kier alpha value is -2.67. The smallest absolute Gasteiger partial charge is 0.390 e. The molecule has 1 aliphatic rings. The number of carbonyl (C=O) groups is 1. The standard InChI is InChI=1S/C26H34F3N3O5S/c1-19(2)17-32(38(35,36)22-10-8-21(9-11-22)26(27,28)29)18-24(33)23(16-20-6-4-3-5-7-20)30-25(34)31-12-14-37-15-13-31/h3-11,19,23-24,33H,12-18H2,1-2H3,(H,30,34)/t23-,24+/m0/s1. The monoisotopic (exact) mass is 557 g/mol. The minimum Gasteiger partial charge on any atom is -0.390 e. The Kier molecular flexibility index (Phi) is 10.2. The highest BCUT2D eigenvalue weighted by Gasteiger charge is 2.34. The molecular formula is C26H34F3N3O5S. The number of benzene rings is 2. The third kappa shape index (κ3) is 8.16. The molecule has 3 rings (SSSR count). The van der Waals surface area contributed by atoms with Crippen LogP contribution in [0.15, 0.2) is 59.5 Å². The first-order valence-corrected chi connectivity index (χ1v) is 13.8. The van der Waals surface area contributed by atoms with E-state index in [1.54, 1.807) is 18.7 Å². The summed E-state index contributed by atoms with van der Waals surface area (Å²) >= 11 is 0. The van der Waals surface area contributed by atoms with Crippen LogP contribution < -0.4 is 5.32 Å². The second-order valence-electron chi connectivity index (χ2n) is 9.65. The van der Waals surface area contributed by atoms with E-state index < -0.39 is 39.9 Å². The molecule has 0 bridgehead atoms. The highest BCUT2D eigenvalue weighted by Crippen LogP contribution is 2.30. The Labute approximate surface area is 221 Å². The molecule has 1 fully saturated rings. The number of carbonyl (C=O) groups excluding carboxylic acids is 1. The molecule has 12 heteroatoms. The second kappa shape index (κ2) is 12.9. The third-order valence-electron chi connectivity index (χ3n) is 6.15. The van der Waals surface area contributed by atoms with E-state index in [1.807, 2.05) is 30.3 Å². The summed E-state index contributed by atoms with van der Waals surface area (Å²) in [5.74, 6) is -0.137. The summed E-state index contributed by atoms with van der Waals surface area (Å²) in [7, 11) is -4.24. The van der Waals surface area contributed by atoms with E-state index in [0.717, 1.165) is 34.1 Å². The van der Waals surface area contributed by atoms with Crippen molar-refractivity contribution in [1.29, 1.82) is 0 Å². The number of halogens is 3. The van der Waals surface area contributed by atoms with Gasteiger partial charge in [0.1, 0.15) is 0 Å². The number of nitrogens with zero attached hydrogens (tertiary/aromatic N) is 2. The largest absolute Gasteiger partial charge is 0.416 e.